The number of nitrogens with two attached hydrogens (primary N) is 1. The molecule has 0 spiro atoms. The Labute approximate surface area is 245 Å². The van der Waals surface area contributed by atoms with Crippen LogP contribution in [-0.2, 0) is 26.5 Å². The van der Waals surface area contributed by atoms with Gasteiger partial charge in [0.2, 0.25) is 5.91 Å². The Morgan fingerprint density at radius 3 is 1.93 bits per heavy atom. The molecule has 1 heterocycles. The maximum atomic E-state index is 13.5. The van der Waals surface area contributed by atoms with Crippen molar-refractivity contribution in [1.82, 2.24) is 10.3 Å². The number of pyridine rings is 1. The number of nitrogens with zero attached hydrogens (tertiary/aromatic N) is 1. The molecule has 0 aliphatic heterocycles. The Morgan fingerprint density at radius 2 is 1.33 bits per heavy atom. The summed E-state index contributed by atoms with van der Waals surface area (Å²) in [5, 5.41) is 4.28. The minimum Gasteiger partial charge on any atom is -0.458 e. The van der Waals surface area contributed by atoms with Crippen LogP contribution in [0.4, 0.5) is 0 Å². The van der Waals surface area contributed by atoms with Crippen LogP contribution in [0, 0.1) is 0 Å². The average molecular weight is 556 g/mol. The topological polar surface area (TPSA) is 94.3 Å². The number of ether oxygens (including phenoxy) is 1. The number of aromatic nitrogens is 1. The van der Waals surface area contributed by atoms with E-state index in [1.165, 1.54) is 6.08 Å². The first-order chi connectivity index (χ1) is 20.6. The van der Waals surface area contributed by atoms with E-state index in [0.29, 0.717) is 6.42 Å². The molecule has 42 heavy (non-hydrogen) atoms. The molecule has 0 radical (unpaired) electrons. The van der Waals surface area contributed by atoms with Crippen LogP contribution in [0.2, 0.25) is 0 Å². The molecule has 1 amide bonds. The number of hydrogen-bond acceptors (Lipinski definition) is 5. The molecule has 5 aromatic rings. The molecule has 6 heteroatoms. The van der Waals surface area contributed by atoms with Crippen LogP contribution >= 0.6 is 0 Å². The molecule has 6 nitrogen and oxygen atoms in total. The number of hydrogen-bond donors (Lipinski definition) is 2. The summed E-state index contributed by atoms with van der Waals surface area (Å²) in [6.07, 6.45) is 5.15. The molecular weight excluding hydrogens is 522 g/mol. The van der Waals surface area contributed by atoms with Gasteiger partial charge in [-0.2, -0.15) is 0 Å². The van der Waals surface area contributed by atoms with Crippen LogP contribution < -0.4 is 11.1 Å². The Bertz CT molecular complexity index is 1550. The van der Waals surface area contributed by atoms with Gasteiger partial charge in [0.1, 0.15) is 12.1 Å². The third kappa shape index (κ3) is 6.62. The van der Waals surface area contributed by atoms with Crippen LogP contribution in [0.3, 0.4) is 0 Å². The molecule has 0 saturated heterocycles. The van der Waals surface area contributed by atoms with E-state index in [4.69, 9.17) is 10.5 Å². The van der Waals surface area contributed by atoms with Crippen molar-refractivity contribution in [1.29, 1.82) is 0 Å². The summed E-state index contributed by atoms with van der Waals surface area (Å²) >= 11 is 0. The Kier molecular flexibility index (Phi) is 9.17. The first kappa shape index (κ1) is 28.5. The zero-order valence-electron chi connectivity index (χ0n) is 23.2. The Hall–Kier alpha value is -5.07. The highest BCUT2D eigenvalue weighted by Crippen LogP contribution is 2.36. The van der Waals surface area contributed by atoms with E-state index in [-0.39, 0.29) is 18.9 Å². The molecule has 3 N–H and O–H groups in total. The van der Waals surface area contributed by atoms with Crippen LogP contribution in [0.1, 0.15) is 35.1 Å². The van der Waals surface area contributed by atoms with Gasteiger partial charge in [0.25, 0.3) is 0 Å². The lowest BCUT2D eigenvalue weighted by atomic mass is 9.77. The van der Waals surface area contributed by atoms with Gasteiger partial charge in [0, 0.05) is 35.7 Å². The second-order valence-corrected chi connectivity index (χ2v) is 10.1. The zero-order chi connectivity index (χ0) is 29.2. The number of carbonyl (C=O) groups is 2. The molecule has 210 valence electrons. The highest BCUT2D eigenvalue weighted by Gasteiger charge is 2.37. The molecule has 1 aromatic heterocycles. The fraction of sp³-hybridized carbons (Fsp3) is 0.139. The monoisotopic (exact) mass is 555 g/mol. The normalized spacial score (nSPS) is 12.2. The quantitative estimate of drug-likeness (QED) is 0.118. The van der Waals surface area contributed by atoms with E-state index in [1.807, 2.05) is 121 Å². The Balaban J connectivity index is 1.25. The van der Waals surface area contributed by atoms with Gasteiger partial charge in [-0.1, -0.05) is 115 Å². The van der Waals surface area contributed by atoms with Crippen LogP contribution in [0.25, 0.3) is 10.9 Å². The lowest BCUT2D eigenvalue weighted by Crippen LogP contribution is -2.48. The summed E-state index contributed by atoms with van der Waals surface area (Å²) in [4.78, 5) is 30.2. The summed E-state index contributed by atoms with van der Waals surface area (Å²) in [5.41, 5.74) is 9.95. The van der Waals surface area contributed by atoms with E-state index in [0.717, 1.165) is 33.2 Å². The fourth-order valence-electron chi connectivity index (χ4n) is 5.13. The van der Waals surface area contributed by atoms with E-state index in [2.05, 4.69) is 10.3 Å². The highest BCUT2D eigenvalue weighted by atomic mass is 16.5. The van der Waals surface area contributed by atoms with Crippen molar-refractivity contribution in [2.24, 2.45) is 5.73 Å². The van der Waals surface area contributed by atoms with Crippen molar-refractivity contribution in [3.63, 3.8) is 0 Å². The van der Waals surface area contributed by atoms with Crippen molar-refractivity contribution >= 4 is 22.8 Å². The van der Waals surface area contributed by atoms with Gasteiger partial charge in [0.05, 0.1) is 5.52 Å². The van der Waals surface area contributed by atoms with E-state index < -0.39 is 17.6 Å². The van der Waals surface area contributed by atoms with Gasteiger partial charge in [0.15, 0.2) is 0 Å². The second-order valence-electron chi connectivity index (χ2n) is 10.1. The van der Waals surface area contributed by atoms with Crippen molar-refractivity contribution in [2.45, 2.75) is 31.0 Å². The second kappa shape index (κ2) is 13.5. The van der Waals surface area contributed by atoms with Crippen molar-refractivity contribution in [2.75, 3.05) is 0 Å². The number of para-hydroxylation sites is 1. The lowest BCUT2D eigenvalue weighted by Gasteiger charge is -2.37. The zero-order valence-corrected chi connectivity index (χ0v) is 23.2. The summed E-state index contributed by atoms with van der Waals surface area (Å²) in [6, 6.07) is 38.9. The maximum Gasteiger partial charge on any atom is 0.330 e. The van der Waals surface area contributed by atoms with Gasteiger partial charge in [-0.15, -0.1) is 0 Å². The lowest BCUT2D eigenvalue weighted by molar-refractivity contribution is -0.139. The van der Waals surface area contributed by atoms with Crippen LogP contribution in [0.15, 0.2) is 140 Å². The molecule has 5 rings (SSSR count). The van der Waals surface area contributed by atoms with E-state index in [9.17, 15) is 9.59 Å². The van der Waals surface area contributed by atoms with Gasteiger partial charge in [-0.05, 0) is 35.2 Å². The van der Waals surface area contributed by atoms with Gasteiger partial charge < -0.3 is 15.8 Å². The molecule has 0 aliphatic rings. The number of benzene rings is 4. The minimum atomic E-state index is -0.887. The van der Waals surface area contributed by atoms with Gasteiger partial charge in [-0.3, -0.25) is 9.78 Å². The van der Waals surface area contributed by atoms with Gasteiger partial charge in [-0.25, -0.2) is 4.79 Å². The maximum absolute atomic E-state index is 13.5. The predicted octanol–water partition coefficient (Wildman–Crippen LogP) is 6.05. The number of rotatable bonds is 11. The smallest absolute Gasteiger partial charge is 0.330 e. The highest BCUT2D eigenvalue weighted by molar-refractivity contribution is 5.84. The third-order valence-electron chi connectivity index (χ3n) is 7.24. The predicted molar refractivity (Wildman–Crippen MR) is 165 cm³/mol. The molecule has 0 unspecified atom stereocenters. The van der Waals surface area contributed by atoms with Crippen molar-refractivity contribution < 1.29 is 14.3 Å². The fourth-order valence-corrected chi connectivity index (χ4v) is 5.13. The molecule has 4 aromatic carbocycles. The van der Waals surface area contributed by atoms with Gasteiger partial charge >= 0.3 is 5.97 Å². The molecule has 0 saturated carbocycles. The third-order valence-corrected chi connectivity index (χ3v) is 7.24. The molecular formula is C36H33N3O3. The van der Waals surface area contributed by atoms with Crippen molar-refractivity contribution in [3.05, 3.63) is 162 Å². The SMILES string of the molecule is N[C@H](/C=C/C(=O)OCc1ccnc2ccccc12)CCC(=O)NC(c1ccccc1)(c1ccccc1)c1ccccc1. The largest absolute Gasteiger partial charge is 0.458 e. The van der Waals surface area contributed by atoms with E-state index >= 15 is 0 Å². The van der Waals surface area contributed by atoms with Crippen LogP contribution in [-0.4, -0.2) is 22.9 Å². The summed E-state index contributed by atoms with van der Waals surface area (Å²) < 4.78 is 5.44. The van der Waals surface area contributed by atoms with Crippen molar-refractivity contribution in [3.8, 4) is 0 Å². The standard InChI is InChI=1S/C36H33N3O3/c37-31(21-23-35(41)42-26-27-24-25-38-33-19-11-10-18-32(27)33)20-22-34(40)39-36(28-12-4-1-5-13-28,29-14-6-2-7-15-29)30-16-8-3-9-17-30/h1-19,21,23-25,31H,20,22,26,37H2,(H,39,40)/b23-21+/t31-/m0/s1. The number of fused-ring (bicyclic) bond motifs is 1. The number of esters is 1. The summed E-state index contributed by atoms with van der Waals surface area (Å²) in [7, 11) is 0. The van der Waals surface area contributed by atoms with Crippen LogP contribution in [0.5, 0.6) is 0 Å². The molecule has 0 bridgehead atoms. The first-order valence-electron chi connectivity index (χ1n) is 14.0. The van der Waals surface area contributed by atoms with E-state index in [1.54, 1.807) is 12.3 Å². The molecule has 0 aliphatic carbocycles. The minimum absolute atomic E-state index is 0.129. The number of nitrogens with one attached hydrogen (secondary N) is 1. The summed E-state index contributed by atoms with van der Waals surface area (Å²) in [6.45, 7) is 0.129. The number of amides is 1. The molecule has 0 fully saturated rings. The Morgan fingerprint density at radius 1 is 0.786 bits per heavy atom. The number of carbonyl (C=O) groups excluding carboxylic acids is 2. The summed E-state index contributed by atoms with van der Waals surface area (Å²) in [5.74, 6) is -0.644. The molecule has 1 atom stereocenters. The first-order valence-corrected chi connectivity index (χ1v) is 14.0. The average Bonchev–Trinajstić information content (AvgIpc) is 3.05.